The van der Waals surface area contributed by atoms with Gasteiger partial charge < -0.3 is 10.0 Å². The zero-order chi connectivity index (χ0) is 15.0. The topological polar surface area (TPSA) is 83.7 Å². The van der Waals surface area contributed by atoms with Crippen LogP contribution >= 0.6 is 11.6 Å². The smallest absolute Gasteiger partial charge is 0.308 e. The lowest BCUT2D eigenvalue weighted by Gasteiger charge is -2.21. The van der Waals surface area contributed by atoms with Gasteiger partial charge in [-0.15, -0.1) is 0 Å². The zero-order valence-corrected chi connectivity index (χ0v) is 11.9. The van der Waals surface area contributed by atoms with Gasteiger partial charge in [0, 0.05) is 24.8 Å². The van der Waals surface area contributed by atoms with Crippen LogP contribution in [-0.2, 0) is 4.79 Å². The molecule has 1 aliphatic rings. The standard InChI is InChI=1S/C13H15ClN2O4/c1-7-3-12(16(19)20)10(14)4-11(7)15-5-8(2)9(6-15)13(17)18/h3-4,8-9H,5-6H2,1-2H3,(H,17,18). The molecule has 108 valence electrons. The third kappa shape index (κ3) is 2.56. The van der Waals surface area contributed by atoms with E-state index in [-0.39, 0.29) is 16.6 Å². The molecule has 2 unspecified atom stereocenters. The molecule has 1 heterocycles. The van der Waals surface area contributed by atoms with E-state index in [1.807, 2.05) is 11.8 Å². The van der Waals surface area contributed by atoms with Crippen molar-refractivity contribution >= 4 is 28.9 Å². The van der Waals surface area contributed by atoms with Crippen LogP contribution in [0.3, 0.4) is 0 Å². The fraction of sp³-hybridized carbons (Fsp3) is 0.462. The first-order chi connectivity index (χ1) is 9.31. The molecule has 20 heavy (non-hydrogen) atoms. The van der Waals surface area contributed by atoms with Crippen LogP contribution in [0, 0.1) is 28.9 Å². The van der Waals surface area contributed by atoms with E-state index in [9.17, 15) is 14.9 Å². The van der Waals surface area contributed by atoms with Crippen molar-refractivity contribution in [3.05, 3.63) is 32.8 Å². The highest BCUT2D eigenvalue weighted by atomic mass is 35.5. The highest BCUT2D eigenvalue weighted by molar-refractivity contribution is 6.33. The summed E-state index contributed by atoms with van der Waals surface area (Å²) in [5, 5.41) is 20.0. The van der Waals surface area contributed by atoms with E-state index in [1.54, 1.807) is 13.0 Å². The Labute approximate surface area is 121 Å². The second-order valence-corrected chi connectivity index (χ2v) is 5.58. The predicted molar refractivity (Wildman–Crippen MR) is 75.3 cm³/mol. The lowest BCUT2D eigenvalue weighted by molar-refractivity contribution is -0.384. The van der Waals surface area contributed by atoms with E-state index in [0.29, 0.717) is 13.1 Å². The lowest BCUT2D eigenvalue weighted by atomic mass is 9.99. The Morgan fingerprint density at radius 3 is 2.65 bits per heavy atom. The van der Waals surface area contributed by atoms with Gasteiger partial charge in [-0.3, -0.25) is 14.9 Å². The number of aryl methyl sites for hydroxylation is 1. The number of carboxylic acid groups (broad SMARTS) is 1. The highest BCUT2D eigenvalue weighted by Crippen LogP contribution is 2.36. The summed E-state index contributed by atoms with van der Waals surface area (Å²) in [6.07, 6.45) is 0. The zero-order valence-electron chi connectivity index (χ0n) is 11.2. The van der Waals surface area contributed by atoms with Crippen molar-refractivity contribution in [2.45, 2.75) is 13.8 Å². The molecule has 0 saturated carbocycles. The van der Waals surface area contributed by atoms with Crippen molar-refractivity contribution in [3.63, 3.8) is 0 Å². The Kier molecular flexibility index (Phi) is 3.85. The summed E-state index contributed by atoms with van der Waals surface area (Å²) in [6, 6.07) is 2.97. The fourth-order valence-electron chi connectivity index (χ4n) is 2.62. The molecule has 1 fully saturated rings. The number of halogens is 1. The first-order valence-electron chi connectivity index (χ1n) is 6.23. The van der Waals surface area contributed by atoms with E-state index in [0.717, 1.165) is 11.3 Å². The number of carbonyl (C=O) groups is 1. The number of hydrogen-bond acceptors (Lipinski definition) is 4. The lowest BCUT2D eigenvalue weighted by Crippen LogP contribution is -2.23. The number of hydrogen-bond donors (Lipinski definition) is 1. The summed E-state index contributed by atoms with van der Waals surface area (Å²) in [5.41, 5.74) is 1.35. The minimum Gasteiger partial charge on any atom is -0.481 e. The van der Waals surface area contributed by atoms with Gasteiger partial charge in [0.05, 0.1) is 10.8 Å². The summed E-state index contributed by atoms with van der Waals surface area (Å²) in [5.74, 6) is -1.21. The van der Waals surface area contributed by atoms with Crippen molar-refractivity contribution in [3.8, 4) is 0 Å². The van der Waals surface area contributed by atoms with E-state index < -0.39 is 16.8 Å². The third-order valence-electron chi connectivity index (χ3n) is 3.73. The summed E-state index contributed by atoms with van der Waals surface area (Å²) in [4.78, 5) is 23.4. The van der Waals surface area contributed by atoms with Crippen LogP contribution < -0.4 is 4.90 Å². The highest BCUT2D eigenvalue weighted by Gasteiger charge is 2.35. The number of carboxylic acids is 1. The quantitative estimate of drug-likeness (QED) is 0.685. The van der Waals surface area contributed by atoms with Crippen LogP contribution in [-0.4, -0.2) is 29.1 Å². The van der Waals surface area contributed by atoms with E-state index >= 15 is 0 Å². The average Bonchev–Trinajstić information content (AvgIpc) is 2.73. The van der Waals surface area contributed by atoms with Gasteiger partial charge in [0.15, 0.2) is 0 Å². The van der Waals surface area contributed by atoms with Crippen molar-refractivity contribution in [2.75, 3.05) is 18.0 Å². The maximum atomic E-state index is 11.1. The molecule has 2 atom stereocenters. The molecular weight excluding hydrogens is 284 g/mol. The molecule has 6 nitrogen and oxygen atoms in total. The number of nitro benzene ring substituents is 1. The van der Waals surface area contributed by atoms with Gasteiger partial charge in [-0.1, -0.05) is 18.5 Å². The maximum Gasteiger partial charge on any atom is 0.308 e. The number of aliphatic carboxylic acids is 1. The molecule has 1 aromatic rings. The van der Waals surface area contributed by atoms with E-state index in [4.69, 9.17) is 16.7 Å². The van der Waals surface area contributed by atoms with Crippen LogP contribution in [0.2, 0.25) is 5.02 Å². The molecule has 0 amide bonds. The second kappa shape index (κ2) is 5.28. The first-order valence-corrected chi connectivity index (χ1v) is 6.61. The monoisotopic (exact) mass is 298 g/mol. The Morgan fingerprint density at radius 1 is 1.50 bits per heavy atom. The van der Waals surface area contributed by atoms with Crippen LogP contribution in [0.4, 0.5) is 11.4 Å². The molecule has 1 aromatic carbocycles. The van der Waals surface area contributed by atoms with Crippen LogP contribution in [0.15, 0.2) is 12.1 Å². The molecule has 1 N–H and O–H groups in total. The van der Waals surface area contributed by atoms with Crippen molar-refractivity contribution in [1.82, 2.24) is 0 Å². The normalized spacial score (nSPS) is 22.1. The second-order valence-electron chi connectivity index (χ2n) is 5.17. The molecule has 0 aromatic heterocycles. The molecule has 0 bridgehead atoms. The molecule has 2 rings (SSSR count). The number of rotatable bonds is 3. The molecule has 7 heteroatoms. The summed E-state index contributed by atoms with van der Waals surface area (Å²) in [7, 11) is 0. The predicted octanol–water partition coefficient (Wildman–Crippen LogP) is 2.71. The van der Waals surface area contributed by atoms with Gasteiger partial charge >= 0.3 is 5.97 Å². The minimum absolute atomic E-state index is 0.0286. The number of benzene rings is 1. The molecular formula is C13H15ClN2O4. The fourth-order valence-corrected chi connectivity index (χ4v) is 2.85. The first kappa shape index (κ1) is 14.6. The van der Waals surface area contributed by atoms with Crippen molar-refractivity contribution in [1.29, 1.82) is 0 Å². The van der Waals surface area contributed by atoms with Gasteiger partial charge in [0.1, 0.15) is 5.02 Å². The minimum atomic E-state index is -0.814. The van der Waals surface area contributed by atoms with Crippen LogP contribution in [0.1, 0.15) is 12.5 Å². The Balaban J connectivity index is 2.33. The molecule has 0 aliphatic carbocycles. The summed E-state index contributed by atoms with van der Waals surface area (Å²) in [6.45, 7) is 4.65. The van der Waals surface area contributed by atoms with Crippen molar-refractivity contribution in [2.24, 2.45) is 11.8 Å². The molecule has 1 saturated heterocycles. The molecule has 0 radical (unpaired) electrons. The van der Waals surface area contributed by atoms with E-state index in [1.165, 1.54) is 6.07 Å². The number of nitro groups is 1. The van der Waals surface area contributed by atoms with Gasteiger partial charge in [-0.2, -0.15) is 0 Å². The largest absolute Gasteiger partial charge is 0.481 e. The van der Waals surface area contributed by atoms with Crippen LogP contribution in [0.5, 0.6) is 0 Å². The Hall–Kier alpha value is -1.82. The third-order valence-corrected chi connectivity index (χ3v) is 4.04. The molecule has 1 aliphatic heterocycles. The Morgan fingerprint density at radius 2 is 2.15 bits per heavy atom. The summed E-state index contributed by atoms with van der Waals surface area (Å²) < 4.78 is 0. The number of anilines is 1. The SMILES string of the molecule is Cc1cc([N+](=O)[O-])c(Cl)cc1N1CC(C)C(C(=O)O)C1. The van der Waals surface area contributed by atoms with E-state index in [2.05, 4.69) is 0 Å². The van der Waals surface area contributed by atoms with Gasteiger partial charge in [0.2, 0.25) is 0 Å². The van der Waals surface area contributed by atoms with Crippen molar-refractivity contribution < 1.29 is 14.8 Å². The van der Waals surface area contributed by atoms with Crippen LogP contribution in [0.25, 0.3) is 0 Å². The summed E-state index contributed by atoms with van der Waals surface area (Å²) >= 11 is 5.93. The Bertz CT molecular complexity index is 576. The van der Waals surface area contributed by atoms with Gasteiger partial charge in [-0.25, -0.2) is 0 Å². The van der Waals surface area contributed by atoms with Gasteiger partial charge in [0.25, 0.3) is 5.69 Å². The molecule has 0 spiro atoms. The van der Waals surface area contributed by atoms with Gasteiger partial charge in [-0.05, 0) is 24.5 Å². The maximum absolute atomic E-state index is 11.1. The average molecular weight is 299 g/mol. The number of nitrogens with zero attached hydrogens (tertiary/aromatic N) is 2.